The zero-order valence-corrected chi connectivity index (χ0v) is 9.81. The smallest absolute Gasteiger partial charge is 0.274 e. The van der Waals surface area contributed by atoms with Crippen LogP contribution in [0.25, 0.3) is 0 Å². The molecule has 0 radical (unpaired) electrons. The second-order valence-electron chi connectivity index (χ2n) is 3.73. The highest BCUT2D eigenvalue weighted by Gasteiger charge is 2.15. The van der Waals surface area contributed by atoms with Crippen molar-refractivity contribution in [3.05, 3.63) is 35.9 Å². The summed E-state index contributed by atoms with van der Waals surface area (Å²) in [6.45, 7) is 1.65. The van der Waals surface area contributed by atoms with Gasteiger partial charge in [-0.2, -0.15) is 13.1 Å². The third-order valence-corrected chi connectivity index (χ3v) is 2.86. The molecule has 0 bridgehead atoms. The van der Waals surface area contributed by atoms with Crippen molar-refractivity contribution in [2.24, 2.45) is 5.14 Å². The molecule has 0 aliphatic heterocycles. The number of rotatable bonds is 5. The van der Waals surface area contributed by atoms with Gasteiger partial charge in [-0.05, 0) is 18.9 Å². The van der Waals surface area contributed by atoms with Gasteiger partial charge in [0.25, 0.3) is 10.2 Å². The lowest BCUT2D eigenvalue weighted by atomic mass is 10.0. The van der Waals surface area contributed by atoms with Gasteiger partial charge >= 0.3 is 0 Å². The third-order valence-electron chi connectivity index (χ3n) is 2.13. The van der Waals surface area contributed by atoms with E-state index >= 15 is 0 Å². The SMILES string of the molecule is CC(CC(O)c1ccccc1)NS(N)(=O)=O. The van der Waals surface area contributed by atoms with E-state index in [2.05, 4.69) is 4.72 Å². The van der Waals surface area contributed by atoms with Crippen molar-refractivity contribution in [3.8, 4) is 0 Å². The molecule has 1 aromatic carbocycles. The largest absolute Gasteiger partial charge is 0.388 e. The Bertz CT molecular complexity index is 419. The molecule has 90 valence electrons. The summed E-state index contributed by atoms with van der Waals surface area (Å²) in [4.78, 5) is 0. The number of nitrogens with two attached hydrogens (primary N) is 1. The number of nitrogens with one attached hydrogen (secondary N) is 1. The summed E-state index contributed by atoms with van der Waals surface area (Å²) in [7, 11) is -3.71. The number of hydrogen-bond acceptors (Lipinski definition) is 3. The summed E-state index contributed by atoms with van der Waals surface area (Å²) in [5, 5.41) is 14.6. The zero-order valence-electron chi connectivity index (χ0n) is 9.00. The lowest BCUT2D eigenvalue weighted by molar-refractivity contribution is 0.158. The van der Waals surface area contributed by atoms with Crippen LogP contribution in [0.2, 0.25) is 0 Å². The van der Waals surface area contributed by atoms with Gasteiger partial charge in [0.15, 0.2) is 0 Å². The van der Waals surface area contributed by atoms with Gasteiger partial charge in [0.2, 0.25) is 0 Å². The fourth-order valence-electron chi connectivity index (χ4n) is 1.47. The standard InChI is InChI=1S/C10H16N2O3S/c1-8(12-16(11,14)15)7-10(13)9-5-3-2-4-6-9/h2-6,8,10,12-13H,7H2,1H3,(H2,11,14,15). The predicted octanol–water partition coefficient (Wildman–Crippen LogP) is 0.292. The zero-order chi connectivity index (χ0) is 12.2. The van der Waals surface area contributed by atoms with Crippen molar-refractivity contribution in [1.82, 2.24) is 4.72 Å². The normalized spacial score (nSPS) is 15.7. The van der Waals surface area contributed by atoms with E-state index in [1.807, 2.05) is 18.2 Å². The minimum atomic E-state index is -3.71. The number of benzene rings is 1. The van der Waals surface area contributed by atoms with E-state index in [4.69, 9.17) is 5.14 Å². The van der Waals surface area contributed by atoms with Gasteiger partial charge in [-0.3, -0.25) is 0 Å². The molecule has 6 heteroatoms. The minimum absolute atomic E-state index is 0.278. The van der Waals surface area contributed by atoms with Crippen LogP contribution in [0.4, 0.5) is 0 Å². The van der Waals surface area contributed by atoms with Crippen molar-refractivity contribution in [3.63, 3.8) is 0 Å². The van der Waals surface area contributed by atoms with Crippen molar-refractivity contribution in [1.29, 1.82) is 0 Å². The second kappa shape index (κ2) is 5.40. The molecule has 0 aliphatic rings. The Hall–Kier alpha value is -0.950. The number of hydrogen-bond donors (Lipinski definition) is 3. The molecule has 0 amide bonds. The van der Waals surface area contributed by atoms with Gasteiger partial charge in [-0.1, -0.05) is 30.3 Å². The van der Waals surface area contributed by atoms with Crippen LogP contribution in [0.1, 0.15) is 25.0 Å². The fraction of sp³-hybridized carbons (Fsp3) is 0.400. The number of aliphatic hydroxyl groups is 1. The first kappa shape index (κ1) is 13.1. The Morgan fingerprint density at radius 1 is 1.38 bits per heavy atom. The van der Waals surface area contributed by atoms with Crippen LogP contribution in [0.5, 0.6) is 0 Å². The first-order valence-electron chi connectivity index (χ1n) is 4.91. The molecule has 1 aromatic rings. The molecule has 2 unspecified atom stereocenters. The molecule has 0 saturated carbocycles. The van der Waals surface area contributed by atoms with Crippen molar-refractivity contribution in [2.45, 2.75) is 25.5 Å². The van der Waals surface area contributed by atoms with Crippen LogP contribution in [-0.2, 0) is 10.2 Å². The molecule has 0 spiro atoms. The lowest BCUT2D eigenvalue weighted by Crippen LogP contribution is -2.38. The minimum Gasteiger partial charge on any atom is -0.388 e. The van der Waals surface area contributed by atoms with E-state index in [0.29, 0.717) is 0 Å². The highest BCUT2D eigenvalue weighted by Crippen LogP contribution is 2.17. The summed E-state index contributed by atoms with van der Waals surface area (Å²) in [6, 6.07) is 8.64. The van der Waals surface area contributed by atoms with Gasteiger partial charge in [0.05, 0.1) is 6.10 Å². The molecule has 5 nitrogen and oxygen atoms in total. The molecule has 2 atom stereocenters. The lowest BCUT2D eigenvalue weighted by Gasteiger charge is -2.16. The molecule has 0 heterocycles. The van der Waals surface area contributed by atoms with Gasteiger partial charge < -0.3 is 5.11 Å². The average molecular weight is 244 g/mol. The average Bonchev–Trinajstić information content (AvgIpc) is 2.16. The van der Waals surface area contributed by atoms with E-state index < -0.39 is 22.4 Å². The molecule has 1 rings (SSSR count). The van der Waals surface area contributed by atoms with Crippen LogP contribution in [0, 0.1) is 0 Å². The topological polar surface area (TPSA) is 92.4 Å². The summed E-state index contributed by atoms with van der Waals surface area (Å²) < 4.78 is 23.7. The maximum Gasteiger partial charge on any atom is 0.274 e. The Balaban J connectivity index is 2.55. The molecule has 0 aliphatic carbocycles. The monoisotopic (exact) mass is 244 g/mol. The predicted molar refractivity (Wildman–Crippen MR) is 61.7 cm³/mol. The van der Waals surface area contributed by atoms with Gasteiger partial charge in [0.1, 0.15) is 0 Å². The molecular formula is C10H16N2O3S. The van der Waals surface area contributed by atoms with Crippen LogP contribution in [-0.4, -0.2) is 19.6 Å². The molecule has 16 heavy (non-hydrogen) atoms. The van der Waals surface area contributed by atoms with Gasteiger partial charge in [-0.25, -0.2) is 5.14 Å². The van der Waals surface area contributed by atoms with Crippen molar-refractivity contribution in [2.75, 3.05) is 0 Å². The Kier molecular flexibility index (Phi) is 4.43. The van der Waals surface area contributed by atoms with Crippen LogP contribution in [0.3, 0.4) is 0 Å². The number of aliphatic hydroxyl groups excluding tert-OH is 1. The van der Waals surface area contributed by atoms with E-state index in [1.165, 1.54) is 0 Å². The van der Waals surface area contributed by atoms with Gasteiger partial charge in [0, 0.05) is 6.04 Å². The Morgan fingerprint density at radius 3 is 2.44 bits per heavy atom. The highest BCUT2D eigenvalue weighted by molar-refractivity contribution is 7.87. The van der Waals surface area contributed by atoms with Crippen LogP contribution >= 0.6 is 0 Å². The second-order valence-corrected chi connectivity index (χ2v) is 5.05. The summed E-state index contributed by atoms with van der Waals surface area (Å²) in [5.74, 6) is 0. The Morgan fingerprint density at radius 2 is 1.94 bits per heavy atom. The van der Waals surface area contributed by atoms with Gasteiger partial charge in [-0.15, -0.1) is 0 Å². The maximum absolute atomic E-state index is 10.7. The van der Waals surface area contributed by atoms with E-state index in [9.17, 15) is 13.5 Å². The summed E-state index contributed by atoms with van der Waals surface area (Å²) in [6.07, 6.45) is -0.425. The maximum atomic E-state index is 10.7. The third kappa shape index (κ3) is 4.71. The summed E-state index contributed by atoms with van der Waals surface area (Å²) in [5.41, 5.74) is 0.755. The fourth-order valence-corrected chi connectivity index (χ4v) is 2.13. The molecule has 0 fully saturated rings. The van der Waals surface area contributed by atoms with Crippen LogP contribution in [0.15, 0.2) is 30.3 Å². The first-order chi connectivity index (χ1) is 7.38. The molecule has 4 N–H and O–H groups in total. The molecule has 0 saturated heterocycles. The molecular weight excluding hydrogens is 228 g/mol. The van der Waals surface area contributed by atoms with Crippen LogP contribution < -0.4 is 9.86 Å². The van der Waals surface area contributed by atoms with Crippen molar-refractivity contribution < 1.29 is 13.5 Å². The van der Waals surface area contributed by atoms with E-state index in [-0.39, 0.29) is 6.42 Å². The van der Waals surface area contributed by atoms with Crippen molar-refractivity contribution >= 4 is 10.2 Å². The van der Waals surface area contributed by atoms with E-state index in [0.717, 1.165) is 5.56 Å². The quantitative estimate of drug-likeness (QED) is 0.695. The Labute approximate surface area is 95.5 Å². The first-order valence-corrected chi connectivity index (χ1v) is 6.46. The van der Waals surface area contributed by atoms with E-state index in [1.54, 1.807) is 19.1 Å². The molecule has 0 aromatic heterocycles. The summed E-state index contributed by atoms with van der Waals surface area (Å²) >= 11 is 0. The highest BCUT2D eigenvalue weighted by atomic mass is 32.2.